The van der Waals surface area contributed by atoms with Gasteiger partial charge in [0.25, 0.3) is 0 Å². The first kappa shape index (κ1) is 39.4. The van der Waals surface area contributed by atoms with Gasteiger partial charge < -0.3 is 26.2 Å². The molecule has 4 aromatic carbocycles. The molecule has 2 amide bonds. The van der Waals surface area contributed by atoms with Gasteiger partial charge in [-0.25, -0.2) is 13.8 Å². The van der Waals surface area contributed by atoms with Gasteiger partial charge in [-0.2, -0.15) is 0 Å². The lowest BCUT2D eigenvalue weighted by molar-refractivity contribution is -0.117. The molecule has 59 heavy (non-hydrogen) atoms. The van der Waals surface area contributed by atoms with Crippen molar-refractivity contribution in [2.45, 2.75) is 63.6 Å². The van der Waals surface area contributed by atoms with Gasteiger partial charge in [-0.15, -0.1) is 0 Å². The van der Waals surface area contributed by atoms with Crippen LogP contribution in [0, 0.1) is 25.5 Å². The molecule has 5 N–H and O–H groups in total. The maximum atomic E-state index is 14.4. The highest BCUT2D eigenvalue weighted by atomic mass is 19.1. The van der Waals surface area contributed by atoms with E-state index in [0.717, 1.165) is 118 Å². The van der Waals surface area contributed by atoms with Crippen LogP contribution < -0.4 is 31.6 Å². The Morgan fingerprint density at radius 3 is 1.92 bits per heavy atom. The minimum atomic E-state index is -0.500. The van der Waals surface area contributed by atoms with Gasteiger partial charge in [-0.05, 0) is 85.8 Å². The van der Waals surface area contributed by atoms with E-state index in [9.17, 15) is 18.4 Å². The van der Waals surface area contributed by atoms with E-state index in [0.29, 0.717) is 35.9 Å². The fourth-order valence-electron chi connectivity index (χ4n) is 9.70. The molecule has 9 rings (SSSR count). The van der Waals surface area contributed by atoms with E-state index in [1.54, 1.807) is 12.1 Å². The maximum absolute atomic E-state index is 14.4. The number of nitrogens with one attached hydrogen (secondary N) is 5. The second-order valence-electron chi connectivity index (χ2n) is 17.0. The molecule has 11 nitrogen and oxygen atoms in total. The predicted octanol–water partition coefficient (Wildman–Crippen LogP) is 5.72. The summed E-state index contributed by atoms with van der Waals surface area (Å²) in [6, 6.07) is 22.2. The van der Waals surface area contributed by atoms with Crippen molar-refractivity contribution in [3.05, 3.63) is 112 Å². The summed E-state index contributed by atoms with van der Waals surface area (Å²) in [7, 11) is 0. The number of amides is 2. The molecule has 0 aliphatic carbocycles. The lowest BCUT2D eigenvalue weighted by Gasteiger charge is -2.43. The minimum Gasteiger partial charge on any atom is -0.373 e. The average Bonchev–Trinajstić information content (AvgIpc) is 4.04. The van der Waals surface area contributed by atoms with Crippen LogP contribution in [-0.4, -0.2) is 110 Å². The number of hydrogen-bond acceptors (Lipinski definition) is 9. The van der Waals surface area contributed by atoms with E-state index in [-0.39, 0.29) is 23.4 Å². The molecular formula is C46H55F2N9O2. The molecule has 5 aliphatic rings. The van der Waals surface area contributed by atoms with Gasteiger partial charge in [0.15, 0.2) is 0 Å². The molecule has 3 unspecified atom stereocenters. The number of piperidine rings is 1. The number of benzene rings is 4. The zero-order valence-electron chi connectivity index (χ0n) is 34.0. The summed E-state index contributed by atoms with van der Waals surface area (Å²) in [4.78, 5) is 34.0. The normalized spacial score (nSPS) is 22.4. The molecular weight excluding hydrogens is 749 g/mol. The van der Waals surface area contributed by atoms with Crippen LogP contribution in [0.3, 0.4) is 0 Å². The van der Waals surface area contributed by atoms with Crippen molar-refractivity contribution in [1.29, 1.82) is 0 Å². The van der Waals surface area contributed by atoms with Crippen LogP contribution >= 0.6 is 0 Å². The molecule has 3 fully saturated rings. The SMILES string of the molecule is Cc1ccc(F)c2c1NC(C(=O)Nc1cccc(C3CNN(CCN4CCN(C5CCN(c6cccc(NC(=O)C7Cc8c(F)ccc(C)c8N7)c6)CC5)CC4)C3)c1)C2. The number of hydrazine groups is 1. The van der Waals surface area contributed by atoms with Gasteiger partial charge in [-0.3, -0.25) is 24.8 Å². The Kier molecular flexibility index (Phi) is 11.3. The number of nitrogens with zero attached hydrogens (tertiary/aromatic N) is 4. The van der Waals surface area contributed by atoms with E-state index in [4.69, 9.17) is 0 Å². The number of carbonyl (C=O) groups excluding carboxylic acids is 2. The van der Waals surface area contributed by atoms with Crippen molar-refractivity contribution in [1.82, 2.24) is 20.2 Å². The average molecular weight is 804 g/mol. The van der Waals surface area contributed by atoms with Crippen molar-refractivity contribution < 1.29 is 18.4 Å². The molecule has 0 radical (unpaired) electrons. The van der Waals surface area contributed by atoms with Gasteiger partial charge in [0.2, 0.25) is 11.8 Å². The largest absolute Gasteiger partial charge is 0.373 e. The number of fused-ring (bicyclic) bond motifs is 2. The van der Waals surface area contributed by atoms with E-state index in [1.807, 2.05) is 38.1 Å². The molecule has 5 aliphatic heterocycles. The third kappa shape index (κ3) is 8.52. The van der Waals surface area contributed by atoms with E-state index < -0.39 is 12.1 Å². The van der Waals surface area contributed by atoms with E-state index >= 15 is 0 Å². The van der Waals surface area contributed by atoms with Crippen molar-refractivity contribution in [3.8, 4) is 0 Å². The lowest BCUT2D eigenvalue weighted by Crippen LogP contribution is -2.54. The molecule has 3 saturated heterocycles. The summed E-state index contributed by atoms with van der Waals surface area (Å²) in [6.45, 7) is 13.9. The van der Waals surface area contributed by atoms with Gasteiger partial charge in [-0.1, -0.05) is 30.3 Å². The van der Waals surface area contributed by atoms with Crippen molar-refractivity contribution >= 4 is 40.3 Å². The predicted molar refractivity (Wildman–Crippen MR) is 230 cm³/mol. The summed E-state index contributed by atoms with van der Waals surface area (Å²) in [5.41, 5.74) is 12.0. The summed E-state index contributed by atoms with van der Waals surface area (Å²) < 4.78 is 28.8. The number of piperazine rings is 1. The number of halogens is 2. The second-order valence-corrected chi connectivity index (χ2v) is 17.0. The smallest absolute Gasteiger partial charge is 0.247 e. The van der Waals surface area contributed by atoms with Gasteiger partial charge in [0.1, 0.15) is 23.7 Å². The van der Waals surface area contributed by atoms with Crippen molar-refractivity contribution in [2.75, 3.05) is 91.6 Å². The second kappa shape index (κ2) is 16.9. The standard InChI is InChI=1S/C46H55F2N9O2/c1-29-9-11-39(47)37-25-41(52-43(29)37)45(58)50-33-6-3-5-31(23-33)32-27-49-57(28-32)22-19-54-17-20-56(21-18-54)35-13-15-55(16-14-35)36-8-4-7-34(24-36)51-46(59)42-26-38-40(48)12-10-30(2)44(38)53-42/h3-12,23-24,32,35,41-42,49,52-53H,13-22,25-28H2,1-2H3,(H,50,58)(H,51,59). The Morgan fingerprint density at radius 1 is 0.712 bits per heavy atom. The quantitative estimate of drug-likeness (QED) is 0.138. The molecule has 0 spiro atoms. The highest BCUT2D eigenvalue weighted by Gasteiger charge is 2.33. The third-order valence-electron chi connectivity index (χ3n) is 13.2. The van der Waals surface area contributed by atoms with E-state index in [2.05, 4.69) is 70.7 Å². The maximum Gasteiger partial charge on any atom is 0.247 e. The highest BCUT2D eigenvalue weighted by molar-refractivity contribution is 5.99. The first-order chi connectivity index (χ1) is 28.6. The summed E-state index contributed by atoms with van der Waals surface area (Å²) in [5, 5.41) is 14.9. The van der Waals surface area contributed by atoms with Crippen molar-refractivity contribution in [3.63, 3.8) is 0 Å². The van der Waals surface area contributed by atoms with Crippen LogP contribution in [0.25, 0.3) is 0 Å². The topological polar surface area (TPSA) is 107 Å². The lowest BCUT2D eigenvalue weighted by atomic mass is 9.99. The molecule has 13 heteroatoms. The van der Waals surface area contributed by atoms with Crippen LogP contribution in [0.2, 0.25) is 0 Å². The molecule has 4 aromatic rings. The number of hydrogen-bond donors (Lipinski definition) is 5. The monoisotopic (exact) mass is 803 g/mol. The molecule has 0 aromatic heterocycles. The summed E-state index contributed by atoms with van der Waals surface area (Å²) >= 11 is 0. The number of rotatable bonds is 10. The number of anilines is 5. The molecule has 0 saturated carbocycles. The number of carbonyl (C=O) groups is 2. The Hall–Kier alpha value is -5.08. The van der Waals surface area contributed by atoms with Crippen molar-refractivity contribution in [2.24, 2.45) is 0 Å². The molecule has 3 atom stereocenters. The van der Waals surface area contributed by atoms with E-state index in [1.165, 1.54) is 17.7 Å². The van der Waals surface area contributed by atoms with Crippen LogP contribution in [0.1, 0.15) is 46.6 Å². The van der Waals surface area contributed by atoms with Gasteiger partial charge in [0, 0.05) is 130 Å². The van der Waals surface area contributed by atoms with Crippen LogP contribution in [0.15, 0.2) is 72.8 Å². The first-order valence-corrected chi connectivity index (χ1v) is 21.3. The Bertz CT molecular complexity index is 2140. The van der Waals surface area contributed by atoms with Crippen LogP contribution in [-0.2, 0) is 22.4 Å². The third-order valence-corrected chi connectivity index (χ3v) is 13.2. The Morgan fingerprint density at radius 2 is 1.31 bits per heavy atom. The Balaban J connectivity index is 0.685. The summed E-state index contributed by atoms with van der Waals surface area (Å²) in [6.07, 6.45) is 2.91. The zero-order chi connectivity index (χ0) is 40.6. The number of aryl methyl sites for hydroxylation is 2. The zero-order valence-corrected chi connectivity index (χ0v) is 34.0. The molecule has 5 heterocycles. The van der Waals surface area contributed by atoms with Gasteiger partial charge >= 0.3 is 0 Å². The van der Waals surface area contributed by atoms with Crippen LogP contribution in [0.5, 0.6) is 0 Å². The minimum absolute atomic E-state index is 0.151. The van der Waals surface area contributed by atoms with Gasteiger partial charge in [0.05, 0.1) is 0 Å². The fraction of sp³-hybridized carbons (Fsp3) is 0.435. The van der Waals surface area contributed by atoms with Crippen LogP contribution in [0.4, 0.5) is 37.2 Å². The fourth-order valence-corrected chi connectivity index (χ4v) is 9.70. The Labute approximate surface area is 345 Å². The first-order valence-electron chi connectivity index (χ1n) is 21.3. The highest BCUT2D eigenvalue weighted by Crippen LogP contribution is 2.34. The molecule has 310 valence electrons. The summed E-state index contributed by atoms with van der Waals surface area (Å²) in [5.74, 6) is -0.515. The molecule has 0 bridgehead atoms.